The van der Waals surface area contributed by atoms with Crippen molar-refractivity contribution in [2.24, 2.45) is 0 Å². The molecule has 0 spiro atoms. The maximum Gasteiger partial charge on any atom is 0.268 e. The van der Waals surface area contributed by atoms with Crippen molar-refractivity contribution in [1.82, 2.24) is 10.3 Å². The summed E-state index contributed by atoms with van der Waals surface area (Å²) in [6.45, 7) is 6.98. The van der Waals surface area contributed by atoms with Crippen molar-refractivity contribution in [1.29, 1.82) is 0 Å². The predicted molar refractivity (Wildman–Crippen MR) is 85.5 cm³/mol. The molecule has 1 amide bonds. The number of hydrogen-bond donors (Lipinski definition) is 2. The van der Waals surface area contributed by atoms with Crippen molar-refractivity contribution in [3.8, 4) is 0 Å². The number of rotatable bonds is 4. The van der Waals surface area contributed by atoms with Gasteiger partial charge in [-0.25, -0.2) is 0 Å². The zero-order chi connectivity index (χ0) is 15.7. The predicted octanol–water partition coefficient (Wildman–Crippen LogP) is 4.04. The normalized spacial score (nSPS) is 12.2. The molecule has 0 aliphatic rings. The minimum absolute atomic E-state index is 0.0432. The van der Waals surface area contributed by atoms with Gasteiger partial charge in [0.15, 0.2) is 5.78 Å². The summed E-state index contributed by atoms with van der Waals surface area (Å²) in [5.41, 5.74) is 2.44. The van der Waals surface area contributed by atoms with Gasteiger partial charge < -0.3 is 10.3 Å². The van der Waals surface area contributed by atoms with Gasteiger partial charge in [0.2, 0.25) is 0 Å². The minimum Gasteiger partial charge on any atom is -0.354 e. The first-order valence-electron chi connectivity index (χ1n) is 6.57. The summed E-state index contributed by atoms with van der Waals surface area (Å²) < 4.78 is 0.692. The highest BCUT2D eigenvalue weighted by Gasteiger charge is 2.21. The molecule has 0 aromatic carbocycles. The molecule has 1 unspecified atom stereocenters. The summed E-state index contributed by atoms with van der Waals surface area (Å²) in [5, 5.41) is 2.92. The number of amides is 1. The minimum atomic E-state index is -0.222. The fraction of sp³-hybridized carbons (Fsp3) is 0.333. The van der Waals surface area contributed by atoms with Crippen LogP contribution in [0, 0.1) is 13.8 Å². The topological polar surface area (TPSA) is 62.0 Å². The molecule has 112 valence electrons. The van der Waals surface area contributed by atoms with E-state index >= 15 is 0 Å². The summed E-state index contributed by atoms with van der Waals surface area (Å²) in [7, 11) is 0. The molecule has 0 saturated heterocycles. The van der Waals surface area contributed by atoms with E-state index in [1.807, 2.05) is 19.1 Å². The Bertz CT molecular complexity index is 703. The first-order chi connectivity index (χ1) is 9.81. The molecule has 6 heteroatoms. The van der Waals surface area contributed by atoms with Gasteiger partial charge in [0.05, 0.1) is 10.4 Å². The average molecular weight is 325 g/mol. The van der Waals surface area contributed by atoms with Gasteiger partial charge in [0.25, 0.3) is 5.91 Å². The largest absolute Gasteiger partial charge is 0.354 e. The third kappa shape index (κ3) is 3.19. The summed E-state index contributed by atoms with van der Waals surface area (Å²) in [5.74, 6) is -0.265. The number of aromatic amines is 1. The lowest BCUT2D eigenvalue weighted by Gasteiger charge is -2.12. The average Bonchev–Trinajstić information content (AvgIpc) is 2.93. The van der Waals surface area contributed by atoms with Crippen LogP contribution in [0.5, 0.6) is 0 Å². The highest BCUT2D eigenvalue weighted by molar-refractivity contribution is 7.16. The number of aryl methyl sites for hydroxylation is 1. The molecular formula is C15H17ClN2O2S. The number of carbonyl (C=O) groups is 2. The lowest BCUT2D eigenvalue weighted by molar-refractivity contribution is 0.0935. The summed E-state index contributed by atoms with van der Waals surface area (Å²) in [6.07, 6.45) is 0. The maximum atomic E-state index is 12.4. The Morgan fingerprint density at radius 3 is 2.48 bits per heavy atom. The lowest BCUT2D eigenvalue weighted by atomic mass is 10.1. The molecule has 1 atom stereocenters. The Kier molecular flexibility index (Phi) is 4.54. The van der Waals surface area contributed by atoms with Crippen LogP contribution >= 0.6 is 22.9 Å². The quantitative estimate of drug-likeness (QED) is 0.834. The van der Waals surface area contributed by atoms with Crippen molar-refractivity contribution >= 4 is 34.6 Å². The summed E-state index contributed by atoms with van der Waals surface area (Å²) in [6, 6.07) is 3.56. The number of H-pyrrole nitrogens is 1. The fourth-order valence-electron chi connectivity index (χ4n) is 2.41. The standard InChI is InChI=1S/C15H17ClN2O2S/c1-7-13(10(4)19)9(3)17-14(7)15(20)18-8(2)11-5-6-12(16)21-11/h5-6,8,17H,1-4H3,(H,18,20). The smallest absolute Gasteiger partial charge is 0.268 e. The lowest BCUT2D eigenvalue weighted by Crippen LogP contribution is -2.27. The summed E-state index contributed by atoms with van der Waals surface area (Å²) in [4.78, 5) is 28.0. The fourth-order valence-corrected chi connectivity index (χ4v) is 3.47. The molecule has 0 bridgehead atoms. The molecule has 0 saturated carbocycles. The van der Waals surface area contributed by atoms with E-state index < -0.39 is 0 Å². The van der Waals surface area contributed by atoms with Gasteiger partial charge in [-0.2, -0.15) is 0 Å². The molecule has 0 aliphatic heterocycles. The molecule has 0 fully saturated rings. The SMILES string of the molecule is CC(=O)c1c(C)[nH]c(C(=O)NC(C)c2ccc(Cl)s2)c1C. The zero-order valence-electron chi connectivity index (χ0n) is 12.3. The van der Waals surface area contributed by atoms with Gasteiger partial charge in [-0.3, -0.25) is 9.59 Å². The van der Waals surface area contributed by atoms with Crippen LogP contribution in [0.2, 0.25) is 4.34 Å². The number of ketones is 1. The molecule has 4 nitrogen and oxygen atoms in total. The third-order valence-electron chi connectivity index (χ3n) is 3.38. The van der Waals surface area contributed by atoms with E-state index in [2.05, 4.69) is 10.3 Å². The van der Waals surface area contributed by atoms with Gasteiger partial charge in [-0.1, -0.05) is 11.6 Å². The Hall–Kier alpha value is -1.59. The van der Waals surface area contributed by atoms with Crippen LogP contribution in [0.1, 0.15) is 56.9 Å². The van der Waals surface area contributed by atoms with Crippen molar-refractivity contribution in [3.63, 3.8) is 0 Å². The second-order valence-electron chi connectivity index (χ2n) is 5.02. The number of halogens is 1. The van der Waals surface area contributed by atoms with Crippen LogP contribution in [-0.2, 0) is 0 Å². The van der Waals surface area contributed by atoms with E-state index in [9.17, 15) is 9.59 Å². The van der Waals surface area contributed by atoms with Crippen LogP contribution in [0.25, 0.3) is 0 Å². The molecule has 2 aromatic heterocycles. The Morgan fingerprint density at radius 1 is 1.33 bits per heavy atom. The Morgan fingerprint density at radius 2 is 2.00 bits per heavy atom. The van der Waals surface area contributed by atoms with Crippen molar-refractivity contribution in [2.45, 2.75) is 33.7 Å². The monoisotopic (exact) mass is 324 g/mol. The molecule has 0 aliphatic carbocycles. The first kappa shape index (κ1) is 15.8. The van der Waals surface area contributed by atoms with Crippen LogP contribution in [0.3, 0.4) is 0 Å². The third-order valence-corrected chi connectivity index (χ3v) is 4.80. The van der Waals surface area contributed by atoms with E-state index in [1.54, 1.807) is 13.8 Å². The van der Waals surface area contributed by atoms with Crippen LogP contribution in [0.4, 0.5) is 0 Å². The second kappa shape index (κ2) is 6.03. The maximum absolute atomic E-state index is 12.4. The molecule has 21 heavy (non-hydrogen) atoms. The van der Waals surface area contributed by atoms with Gasteiger partial charge >= 0.3 is 0 Å². The molecular weight excluding hydrogens is 308 g/mol. The van der Waals surface area contributed by atoms with E-state index in [0.29, 0.717) is 21.2 Å². The number of aromatic nitrogens is 1. The Labute approximate surface area is 132 Å². The van der Waals surface area contributed by atoms with Gasteiger partial charge in [-0.15, -0.1) is 11.3 Å². The highest BCUT2D eigenvalue weighted by atomic mass is 35.5. The van der Waals surface area contributed by atoms with Crippen LogP contribution in [0.15, 0.2) is 12.1 Å². The van der Waals surface area contributed by atoms with Gasteiger partial charge in [0.1, 0.15) is 5.69 Å². The van der Waals surface area contributed by atoms with Crippen molar-refractivity contribution in [2.75, 3.05) is 0 Å². The first-order valence-corrected chi connectivity index (χ1v) is 7.77. The molecule has 2 heterocycles. The highest BCUT2D eigenvalue weighted by Crippen LogP contribution is 2.27. The number of hydrogen-bond acceptors (Lipinski definition) is 3. The molecule has 2 N–H and O–H groups in total. The van der Waals surface area contributed by atoms with E-state index in [1.165, 1.54) is 18.3 Å². The second-order valence-corrected chi connectivity index (χ2v) is 6.76. The van der Waals surface area contributed by atoms with Gasteiger partial charge in [-0.05, 0) is 45.4 Å². The van der Waals surface area contributed by atoms with Gasteiger partial charge in [0, 0.05) is 16.1 Å². The van der Waals surface area contributed by atoms with E-state index in [-0.39, 0.29) is 17.7 Å². The number of thiophene rings is 1. The Balaban J connectivity index is 2.21. The number of carbonyl (C=O) groups excluding carboxylic acids is 2. The molecule has 2 aromatic rings. The zero-order valence-corrected chi connectivity index (χ0v) is 13.9. The van der Waals surface area contributed by atoms with Crippen LogP contribution in [-0.4, -0.2) is 16.7 Å². The van der Waals surface area contributed by atoms with Crippen molar-refractivity contribution < 1.29 is 9.59 Å². The van der Waals surface area contributed by atoms with Crippen molar-refractivity contribution in [3.05, 3.63) is 43.9 Å². The summed E-state index contributed by atoms with van der Waals surface area (Å²) >= 11 is 7.34. The van der Waals surface area contributed by atoms with E-state index in [0.717, 1.165) is 10.6 Å². The molecule has 0 radical (unpaired) electrons. The van der Waals surface area contributed by atoms with E-state index in [4.69, 9.17) is 11.6 Å². The number of Topliss-reactive ketones (excluding diaryl/α,β-unsaturated/α-hetero) is 1. The number of nitrogens with one attached hydrogen (secondary N) is 2. The van der Waals surface area contributed by atoms with Crippen LogP contribution < -0.4 is 5.32 Å². The molecule has 2 rings (SSSR count).